The van der Waals surface area contributed by atoms with Crippen molar-refractivity contribution < 1.29 is 8.42 Å². The molecule has 1 aliphatic rings. The molecule has 1 aromatic heterocycles. The molecule has 0 N–H and O–H groups in total. The smallest absolute Gasteiger partial charge is 0.275 e. The van der Waals surface area contributed by atoms with Crippen LogP contribution in [0.15, 0.2) is 12.4 Å². The highest BCUT2D eigenvalue weighted by Gasteiger charge is 2.30. The molecule has 6 nitrogen and oxygen atoms in total. The van der Waals surface area contributed by atoms with E-state index in [4.69, 9.17) is 0 Å². The Balaban J connectivity index is 2.06. The molecule has 0 saturated carbocycles. The first kappa shape index (κ1) is 14.5. The van der Waals surface area contributed by atoms with Crippen molar-refractivity contribution in [1.29, 1.82) is 0 Å². The van der Waals surface area contributed by atoms with E-state index in [0.717, 1.165) is 18.4 Å². The maximum Gasteiger partial charge on any atom is 0.282 e. The summed E-state index contributed by atoms with van der Waals surface area (Å²) >= 11 is 0. The molecule has 1 atom stereocenters. The van der Waals surface area contributed by atoms with E-state index >= 15 is 0 Å². The average Bonchev–Trinajstić information content (AvgIpc) is 2.74. The minimum atomic E-state index is -3.35. The molecule has 0 bridgehead atoms. The summed E-state index contributed by atoms with van der Waals surface area (Å²) in [5.74, 6) is 0.440. The standard InChI is InChI=1S/C12H22N4O2S/c1-11-5-4-6-16(8-11)19(17,18)15(3)10-12-7-13-14(2)9-12/h7,9,11H,4-6,8,10H2,1-3H3/t11-/m0/s1. The molecular formula is C12H22N4O2S. The molecule has 0 aliphatic carbocycles. The van der Waals surface area contributed by atoms with Crippen LogP contribution < -0.4 is 0 Å². The maximum atomic E-state index is 12.5. The van der Waals surface area contributed by atoms with Gasteiger partial charge in [-0.1, -0.05) is 6.92 Å². The molecule has 1 aromatic rings. The predicted molar refractivity (Wildman–Crippen MR) is 73.6 cm³/mol. The third kappa shape index (κ3) is 3.34. The Labute approximate surface area is 115 Å². The van der Waals surface area contributed by atoms with Crippen LogP contribution in [0.5, 0.6) is 0 Å². The minimum absolute atomic E-state index is 0.362. The van der Waals surface area contributed by atoms with Gasteiger partial charge >= 0.3 is 0 Å². The fourth-order valence-corrected chi connectivity index (χ4v) is 3.95. The molecule has 1 saturated heterocycles. The first-order chi connectivity index (χ1) is 8.89. The zero-order chi connectivity index (χ0) is 14.0. The van der Waals surface area contributed by atoms with Crippen LogP contribution in [0.25, 0.3) is 0 Å². The first-order valence-corrected chi connectivity index (χ1v) is 7.98. The van der Waals surface area contributed by atoms with Crippen molar-refractivity contribution in [3.63, 3.8) is 0 Å². The number of nitrogens with zero attached hydrogens (tertiary/aromatic N) is 4. The van der Waals surface area contributed by atoms with Gasteiger partial charge in [-0.3, -0.25) is 4.68 Å². The quantitative estimate of drug-likeness (QED) is 0.823. The number of aromatic nitrogens is 2. The van der Waals surface area contributed by atoms with E-state index in [9.17, 15) is 8.42 Å². The highest BCUT2D eigenvalue weighted by atomic mass is 32.2. The summed E-state index contributed by atoms with van der Waals surface area (Å²) in [5.41, 5.74) is 0.902. The Morgan fingerprint density at radius 1 is 1.53 bits per heavy atom. The van der Waals surface area contributed by atoms with E-state index in [-0.39, 0.29) is 0 Å². The molecule has 108 valence electrons. The lowest BCUT2D eigenvalue weighted by atomic mass is 10.0. The van der Waals surface area contributed by atoms with Crippen LogP contribution in [0.3, 0.4) is 0 Å². The molecule has 0 radical (unpaired) electrons. The van der Waals surface area contributed by atoms with Gasteiger partial charge in [0.15, 0.2) is 0 Å². The van der Waals surface area contributed by atoms with E-state index in [1.165, 1.54) is 4.31 Å². The van der Waals surface area contributed by atoms with Crippen molar-refractivity contribution in [3.8, 4) is 0 Å². The molecule has 2 heterocycles. The van der Waals surface area contributed by atoms with E-state index < -0.39 is 10.2 Å². The number of rotatable bonds is 4. The van der Waals surface area contributed by atoms with Crippen LogP contribution in [0.2, 0.25) is 0 Å². The van der Waals surface area contributed by atoms with Gasteiger partial charge in [0.1, 0.15) is 0 Å². The van der Waals surface area contributed by atoms with Gasteiger partial charge in [-0.2, -0.15) is 22.1 Å². The molecular weight excluding hydrogens is 264 g/mol. The topological polar surface area (TPSA) is 58.4 Å². The number of hydrogen-bond acceptors (Lipinski definition) is 3. The van der Waals surface area contributed by atoms with E-state index in [1.807, 2.05) is 13.2 Å². The van der Waals surface area contributed by atoms with Crippen LogP contribution in [-0.2, 0) is 23.8 Å². The summed E-state index contributed by atoms with van der Waals surface area (Å²) in [7, 11) is 0.0961. The second-order valence-corrected chi connectivity index (χ2v) is 7.43. The van der Waals surface area contributed by atoms with Gasteiger partial charge in [-0.25, -0.2) is 0 Å². The lowest BCUT2D eigenvalue weighted by Gasteiger charge is -2.32. The molecule has 0 spiro atoms. The Bertz CT molecular complexity index is 526. The molecule has 2 rings (SSSR count). The fraction of sp³-hybridized carbons (Fsp3) is 0.750. The molecule has 0 aromatic carbocycles. The van der Waals surface area contributed by atoms with Crippen LogP contribution >= 0.6 is 0 Å². The third-order valence-corrected chi connectivity index (χ3v) is 5.40. The van der Waals surface area contributed by atoms with Gasteiger partial charge in [0.05, 0.1) is 6.20 Å². The Morgan fingerprint density at radius 3 is 2.84 bits per heavy atom. The van der Waals surface area contributed by atoms with Crippen molar-refractivity contribution in [2.24, 2.45) is 13.0 Å². The van der Waals surface area contributed by atoms with Crippen molar-refractivity contribution in [2.75, 3.05) is 20.1 Å². The molecule has 19 heavy (non-hydrogen) atoms. The first-order valence-electron chi connectivity index (χ1n) is 6.58. The average molecular weight is 286 g/mol. The lowest BCUT2D eigenvalue weighted by Crippen LogP contribution is -2.45. The fourth-order valence-electron chi connectivity index (χ4n) is 2.45. The normalized spacial score (nSPS) is 22.0. The van der Waals surface area contributed by atoms with Crippen molar-refractivity contribution in [3.05, 3.63) is 18.0 Å². The third-order valence-electron chi connectivity index (χ3n) is 3.50. The zero-order valence-corrected chi connectivity index (χ0v) is 12.6. The van der Waals surface area contributed by atoms with Gasteiger partial charge in [0.2, 0.25) is 0 Å². The summed E-state index contributed by atoms with van der Waals surface area (Å²) in [6.07, 6.45) is 5.59. The van der Waals surface area contributed by atoms with Crippen LogP contribution in [0.4, 0.5) is 0 Å². The Kier molecular flexibility index (Phi) is 4.27. The summed E-state index contributed by atoms with van der Waals surface area (Å²) in [6.45, 7) is 3.72. The highest BCUT2D eigenvalue weighted by molar-refractivity contribution is 7.86. The highest BCUT2D eigenvalue weighted by Crippen LogP contribution is 2.20. The summed E-state index contributed by atoms with van der Waals surface area (Å²) in [5, 5.41) is 4.06. The van der Waals surface area contributed by atoms with Gasteiger partial charge in [-0.15, -0.1) is 0 Å². The lowest BCUT2D eigenvalue weighted by molar-refractivity contribution is 0.263. The van der Waals surface area contributed by atoms with E-state index in [0.29, 0.717) is 25.6 Å². The predicted octanol–water partition coefficient (Wildman–Crippen LogP) is 0.829. The Hall–Kier alpha value is -0.920. The van der Waals surface area contributed by atoms with Crippen molar-refractivity contribution in [1.82, 2.24) is 18.4 Å². The van der Waals surface area contributed by atoms with Gasteiger partial charge in [-0.05, 0) is 18.8 Å². The largest absolute Gasteiger partial charge is 0.282 e. The number of hydrogen-bond donors (Lipinski definition) is 0. The zero-order valence-electron chi connectivity index (χ0n) is 11.8. The Morgan fingerprint density at radius 2 is 2.26 bits per heavy atom. The van der Waals surface area contributed by atoms with Crippen molar-refractivity contribution >= 4 is 10.2 Å². The van der Waals surface area contributed by atoms with Crippen LogP contribution in [0.1, 0.15) is 25.3 Å². The number of piperidine rings is 1. The summed E-state index contributed by atoms with van der Waals surface area (Å²) in [4.78, 5) is 0. The minimum Gasteiger partial charge on any atom is -0.275 e. The second-order valence-electron chi connectivity index (χ2n) is 5.39. The molecule has 7 heteroatoms. The van der Waals surface area contributed by atoms with Gasteiger partial charge in [0.25, 0.3) is 10.2 Å². The SMILES string of the molecule is C[C@H]1CCCN(S(=O)(=O)N(C)Cc2cnn(C)c2)C1. The molecule has 1 fully saturated rings. The molecule has 0 amide bonds. The van der Waals surface area contributed by atoms with E-state index in [1.54, 1.807) is 22.2 Å². The van der Waals surface area contributed by atoms with E-state index in [2.05, 4.69) is 12.0 Å². The van der Waals surface area contributed by atoms with Gasteiger partial charge in [0, 0.05) is 45.5 Å². The summed E-state index contributed by atoms with van der Waals surface area (Å²) < 4.78 is 29.6. The second kappa shape index (κ2) is 5.60. The monoisotopic (exact) mass is 286 g/mol. The van der Waals surface area contributed by atoms with Gasteiger partial charge < -0.3 is 0 Å². The maximum absolute atomic E-state index is 12.5. The number of aryl methyl sites for hydroxylation is 1. The molecule has 0 unspecified atom stereocenters. The van der Waals surface area contributed by atoms with Crippen LogP contribution in [0, 0.1) is 5.92 Å². The van der Waals surface area contributed by atoms with Crippen molar-refractivity contribution in [2.45, 2.75) is 26.3 Å². The molecule has 1 aliphatic heterocycles. The summed E-state index contributed by atoms with van der Waals surface area (Å²) in [6, 6.07) is 0. The van der Waals surface area contributed by atoms with Crippen LogP contribution in [-0.4, -0.2) is 46.9 Å².